The second kappa shape index (κ2) is 7.38. The molecule has 0 N–H and O–H groups in total. The van der Waals surface area contributed by atoms with Crippen molar-refractivity contribution >= 4 is 11.7 Å². The SMILES string of the molecule is CN(Cc1ccc(F)cc1)C(=O)C1CCN(c2cnccn2)CC1. The molecule has 0 saturated carbocycles. The molecule has 3 rings (SSSR count). The lowest BCUT2D eigenvalue weighted by molar-refractivity contribution is -0.135. The molecule has 0 aliphatic carbocycles. The van der Waals surface area contributed by atoms with E-state index >= 15 is 0 Å². The van der Waals surface area contributed by atoms with Crippen molar-refractivity contribution in [2.75, 3.05) is 25.0 Å². The van der Waals surface area contributed by atoms with E-state index in [9.17, 15) is 9.18 Å². The molecule has 24 heavy (non-hydrogen) atoms. The van der Waals surface area contributed by atoms with Crippen LogP contribution in [0.25, 0.3) is 0 Å². The molecule has 0 unspecified atom stereocenters. The van der Waals surface area contributed by atoms with Crippen LogP contribution in [0, 0.1) is 11.7 Å². The Morgan fingerprint density at radius 3 is 2.58 bits per heavy atom. The Morgan fingerprint density at radius 1 is 1.25 bits per heavy atom. The Labute approximate surface area is 141 Å². The molecule has 1 aliphatic rings. The molecule has 0 atom stereocenters. The van der Waals surface area contributed by atoms with Crippen LogP contribution in [-0.4, -0.2) is 40.9 Å². The number of carbonyl (C=O) groups excluding carboxylic acids is 1. The summed E-state index contributed by atoms with van der Waals surface area (Å²) in [4.78, 5) is 24.9. The van der Waals surface area contributed by atoms with E-state index in [2.05, 4.69) is 14.9 Å². The van der Waals surface area contributed by atoms with Gasteiger partial charge in [0.25, 0.3) is 0 Å². The topological polar surface area (TPSA) is 49.3 Å². The number of aromatic nitrogens is 2. The molecule has 5 nitrogen and oxygen atoms in total. The third-order valence-corrected chi connectivity index (χ3v) is 4.43. The Hall–Kier alpha value is -2.50. The number of amides is 1. The summed E-state index contributed by atoms with van der Waals surface area (Å²) in [6.45, 7) is 2.11. The highest BCUT2D eigenvalue weighted by molar-refractivity contribution is 5.78. The van der Waals surface area contributed by atoms with Crippen molar-refractivity contribution in [3.05, 3.63) is 54.2 Å². The van der Waals surface area contributed by atoms with E-state index in [1.807, 2.05) is 0 Å². The van der Waals surface area contributed by atoms with E-state index in [-0.39, 0.29) is 17.6 Å². The van der Waals surface area contributed by atoms with E-state index < -0.39 is 0 Å². The van der Waals surface area contributed by atoms with Gasteiger partial charge in [-0.25, -0.2) is 9.37 Å². The van der Waals surface area contributed by atoms with E-state index in [1.165, 1.54) is 12.1 Å². The van der Waals surface area contributed by atoms with Crippen LogP contribution in [0.1, 0.15) is 18.4 Å². The van der Waals surface area contributed by atoms with Gasteiger partial charge in [-0.15, -0.1) is 0 Å². The van der Waals surface area contributed by atoms with Crippen LogP contribution >= 0.6 is 0 Å². The van der Waals surface area contributed by atoms with Crippen LogP contribution in [0.2, 0.25) is 0 Å². The third-order valence-electron chi connectivity index (χ3n) is 4.43. The summed E-state index contributed by atoms with van der Waals surface area (Å²) in [5.74, 6) is 0.786. The number of anilines is 1. The van der Waals surface area contributed by atoms with E-state index in [4.69, 9.17) is 0 Å². The Kier molecular flexibility index (Phi) is 5.03. The molecule has 2 heterocycles. The van der Waals surface area contributed by atoms with Gasteiger partial charge in [0.1, 0.15) is 11.6 Å². The number of nitrogens with zero attached hydrogens (tertiary/aromatic N) is 4. The van der Waals surface area contributed by atoms with Gasteiger partial charge in [0, 0.05) is 45.0 Å². The molecule has 1 aromatic heterocycles. The summed E-state index contributed by atoms with van der Waals surface area (Å²) in [5, 5.41) is 0. The molecular formula is C18H21FN4O. The summed E-state index contributed by atoms with van der Waals surface area (Å²) in [6.07, 6.45) is 6.71. The van der Waals surface area contributed by atoms with Gasteiger partial charge in [-0.05, 0) is 30.5 Å². The monoisotopic (exact) mass is 328 g/mol. The molecule has 2 aromatic rings. The number of rotatable bonds is 4. The van der Waals surface area contributed by atoms with Gasteiger partial charge in [-0.2, -0.15) is 0 Å². The Balaban J connectivity index is 1.53. The van der Waals surface area contributed by atoms with Crippen LogP contribution in [0.15, 0.2) is 42.9 Å². The fraction of sp³-hybridized carbons (Fsp3) is 0.389. The summed E-state index contributed by atoms with van der Waals surface area (Å²) in [7, 11) is 1.81. The summed E-state index contributed by atoms with van der Waals surface area (Å²) in [6, 6.07) is 6.28. The van der Waals surface area contributed by atoms with Crippen molar-refractivity contribution in [3.63, 3.8) is 0 Å². The highest BCUT2D eigenvalue weighted by Crippen LogP contribution is 2.23. The molecule has 1 saturated heterocycles. The molecule has 1 fully saturated rings. The number of hydrogen-bond donors (Lipinski definition) is 0. The zero-order valence-corrected chi connectivity index (χ0v) is 13.7. The standard InChI is InChI=1S/C18H21FN4O/c1-22(13-14-2-4-16(19)5-3-14)18(24)15-6-10-23(11-7-15)17-12-20-8-9-21-17/h2-5,8-9,12,15H,6-7,10-11,13H2,1H3. The molecule has 1 aliphatic heterocycles. The zero-order chi connectivity index (χ0) is 16.9. The van der Waals surface area contributed by atoms with Gasteiger partial charge in [0.2, 0.25) is 5.91 Å². The van der Waals surface area contributed by atoms with Crippen LogP contribution in [-0.2, 0) is 11.3 Å². The average Bonchev–Trinajstić information content (AvgIpc) is 2.64. The Bertz CT molecular complexity index is 669. The Morgan fingerprint density at radius 2 is 1.96 bits per heavy atom. The summed E-state index contributed by atoms with van der Waals surface area (Å²) < 4.78 is 13.0. The lowest BCUT2D eigenvalue weighted by atomic mass is 9.95. The number of carbonyl (C=O) groups is 1. The van der Waals surface area contributed by atoms with Crippen molar-refractivity contribution in [2.45, 2.75) is 19.4 Å². The minimum absolute atomic E-state index is 0.0309. The van der Waals surface area contributed by atoms with Gasteiger partial charge in [0.05, 0.1) is 6.20 Å². The fourth-order valence-electron chi connectivity index (χ4n) is 3.06. The summed E-state index contributed by atoms with van der Waals surface area (Å²) >= 11 is 0. The van der Waals surface area contributed by atoms with E-state index in [1.54, 1.807) is 42.7 Å². The maximum atomic E-state index is 13.0. The minimum atomic E-state index is -0.260. The molecule has 0 spiro atoms. The fourth-order valence-corrected chi connectivity index (χ4v) is 3.06. The maximum Gasteiger partial charge on any atom is 0.225 e. The van der Waals surface area contributed by atoms with E-state index in [0.717, 1.165) is 37.3 Å². The van der Waals surface area contributed by atoms with Gasteiger partial charge in [-0.3, -0.25) is 9.78 Å². The first-order valence-corrected chi connectivity index (χ1v) is 8.14. The molecule has 1 amide bonds. The first-order chi connectivity index (χ1) is 11.6. The first-order valence-electron chi connectivity index (χ1n) is 8.14. The van der Waals surface area contributed by atoms with Crippen molar-refractivity contribution < 1.29 is 9.18 Å². The zero-order valence-electron chi connectivity index (χ0n) is 13.7. The predicted octanol–water partition coefficient (Wildman–Crippen LogP) is 2.49. The number of piperidine rings is 1. The van der Waals surface area contributed by atoms with E-state index in [0.29, 0.717) is 6.54 Å². The van der Waals surface area contributed by atoms with Crippen molar-refractivity contribution in [2.24, 2.45) is 5.92 Å². The quantitative estimate of drug-likeness (QED) is 0.865. The second-order valence-electron chi connectivity index (χ2n) is 6.15. The van der Waals surface area contributed by atoms with Crippen molar-refractivity contribution in [3.8, 4) is 0 Å². The lowest BCUT2D eigenvalue weighted by Crippen LogP contribution is -2.41. The normalized spacial score (nSPS) is 15.3. The number of halogens is 1. The van der Waals surface area contributed by atoms with Gasteiger partial charge >= 0.3 is 0 Å². The lowest BCUT2D eigenvalue weighted by Gasteiger charge is -2.33. The molecular weight excluding hydrogens is 307 g/mol. The smallest absolute Gasteiger partial charge is 0.225 e. The largest absolute Gasteiger partial charge is 0.355 e. The average molecular weight is 328 g/mol. The molecule has 0 radical (unpaired) electrons. The van der Waals surface area contributed by atoms with Gasteiger partial charge in [0.15, 0.2) is 0 Å². The number of benzene rings is 1. The molecule has 1 aromatic carbocycles. The van der Waals surface area contributed by atoms with Crippen molar-refractivity contribution in [1.29, 1.82) is 0 Å². The van der Waals surface area contributed by atoms with Crippen LogP contribution < -0.4 is 4.90 Å². The summed E-state index contributed by atoms with van der Waals surface area (Å²) in [5.41, 5.74) is 0.934. The minimum Gasteiger partial charge on any atom is -0.355 e. The molecule has 0 bridgehead atoms. The second-order valence-corrected chi connectivity index (χ2v) is 6.15. The molecule has 126 valence electrons. The first kappa shape index (κ1) is 16.4. The molecule has 6 heteroatoms. The van der Waals surface area contributed by atoms with Gasteiger partial charge < -0.3 is 9.80 Å². The third kappa shape index (κ3) is 3.88. The number of hydrogen-bond acceptors (Lipinski definition) is 4. The van der Waals surface area contributed by atoms with Crippen molar-refractivity contribution in [1.82, 2.24) is 14.9 Å². The highest BCUT2D eigenvalue weighted by atomic mass is 19.1. The van der Waals surface area contributed by atoms with Gasteiger partial charge in [-0.1, -0.05) is 12.1 Å². The highest BCUT2D eigenvalue weighted by Gasteiger charge is 2.27. The van der Waals surface area contributed by atoms with Crippen LogP contribution in [0.3, 0.4) is 0 Å². The predicted molar refractivity (Wildman–Crippen MR) is 89.8 cm³/mol. The van der Waals surface area contributed by atoms with Crippen LogP contribution in [0.4, 0.5) is 10.2 Å². The van der Waals surface area contributed by atoms with Crippen LogP contribution in [0.5, 0.6) is 0 Å². The maximum absolute atomic E-state index is 13.0.